The number of hydrogen-bond acceptors (Lipinski definition) is 2. The Morgan fingerprint density at radius 2 is 2.05 bits per heavy atom. The standard InChI is InChI=1S/C15H16N2O2/c1-2-3-4-9-15(19)17-10-12-7-5-6-8-13(12)16-14(18)11-17/h2-9H,10-11H2,1H3,(H,16,18). The smallest absolute Gasteiger partial charge is 0.247 e. The summed E-state index contributed by atoms with van der Waals surface area (Å²) in [4.78, 5) is 25.3. The topological polar surface area (TPSA) is 49.4 Å². The molecule has 0 saturated heterocycles. The molecule has 19 heavy (non-hydrogen) atoms. The highest BCUT2D eigenvalue weighted by atomic mass is 16.2. The molecule has 0 atom stereocenters. The van der Waals surface area contributed by atoms with Crippen molar-refractivity contribution in [3.63, 3.8) is 0 Å². The van der Waals surface area contributed by atoms with Gasteiger partial charge in [-0.15, -0.1) is 0 Å². The van der Waals surface area contributed by atoms with Crippen molar-refractivity contribution < 1.29 is 9.59 Å². The van der Waals surface area contributed by atoms with E-state index in [2.05, 4.69) is 5.32 Å². The molecular formula is C15H16N2O2. The molecule has 0 radical (unpaired) electrons. The Kier molecular flexibility index (Phi) is 4.13. The fourth-order valence-electron chi connectivity index (χ4n) is 1.91. The molecule has 0 bridgehead atoms. The number of rotatable bonds is 2. The minimum atomic E-state index is -0.169. The molecule has 0 spiro atoms. The number of nitrogens with zero attached hydrogens (tertiary/aromatic N) is 1. The van der Waals surface area contributed by atoms with Crippen molar-refractivity contribution >= 4 is 17.5 Å². The third-order valence-corrected chi connectivity index (χ3v) is 2.84. The molecule has 98 valence electrons. The Morgan fingerprint density at radius 1 is 1.26 bits per heavy atom. The lowest BCUT2D eigenvalue weighted by molar-refractivity contribution is -0.130. The zero-order valence-electron chi connectivity index (χ0n) is 10.8. The van der Waals surface area contributed by atoms with Crippen LogP contribution in [0.25, 0.3) is 0 Å². The van der Waals surface area contributed by atoms with Crippen LogP contribution in [0, 0.1) is 0 Å². The van der Waals surface area contributed by atoms with Crippen LogP contribution in [0.2, 0.25) is 0 Å². The van der Waals surface area contributed by atoms with Gasteiger partial charge < -0.3 is 10.2 Å². The normalized spacial score (nSPS) is 15.4. The van der Waals surface area contributed by atoms with E-state index in [9.17, 15) is 9.59 Å². The SMILES string of the molecule is CC=CC=CC(=O)N1CC(=O)Nc2ccccc2C1. The van der Waals surface area contributed by atoms with Gasteiger partial charge in [-0.25, -0.2) is 0 Å². The van der Waals surface area contributed by atoms with Gasteiger partial charge in [0.05, 0.1) is 0 Å². The minimum absolute atomic E-state index is 0.0771. The molecule has 0 aromatic heterocycles. The third kappa shape index (κ3) is 3.31. The molecule has 1 aromatic rings. The molecule has 2 rings (SSSR count). The molecule has 0 aliphatic carbocycles. The molecule has 0 saturated carbocycles. The Hall–Kier alpha value is -2.36. The van der Waals surface area contributed by atoms with E-state index in [1.54, 1.807) is 12.2 Å². The van der Waals surface area contributed by atoms with Crippen molar-refractivity contribution in [2.45, 2.75) is 13.5 Å². The van der Waals surface area contributed by atoms with Gasteiger partial charge in [0.2, 0.25) is 11.8 Å². The van der Waals surface area contributed by atoms with E-state index in [-0.39, 0.29) is 18.4 Å². The molecule has 2 amide bonds. The van der Waals surface area contributed by atoms with Crippen LogP contribution in [0.5, 0.6) is 0 Å². The number of carbonyl (C=O) groups is 2. The number of anilines is 1. The molecule has 1 aromatic carbocycles. The van der Waals surface area contributed by atoms with Crippen LogP contribution in [0.3, 0.4) is 0 Å². The maximum Gasteiger partial charge on any atom is 0.247 e. The van der Waals surface area contributed by atoms with Crippen LogP contribution in [0.15, 0.2) is 48.6 Å². The lowest BCUT2D eigenvalue weighted by Gasteiger charge is -2.17. The fraction of sp³-hybridized carbons (Fsp3) is 0.200. The lowest BCUT2D eigenvalue weighted by Crippen LogP contribution is -2.34. The molecule has 1 heterocycles. The predicted octanol–water partition coefficient (Wildman–Crippen LogP) is 2.10. The number of nitrogens with one attached hydrogen (secondary N) is 1. The second-order valence-electron chi connectivity index (χ2n) is 4.28. The second-order valence-corrected chi connectivity index (χ2v) is 4.28. The van der Waals surface area contributed by atoms with Crippen LogP contribution in [-0.2, 0) is 16.1 Å². The molecule has 4 nitrogen and oxygen atoms in total. The zero-order valence-corrected chi connectivity index (χ0v) is 10.8. The molecular weight excluding hydrogens is 240 g/mol. The summed E-state index contributed by atoms with van der Waals surface area (Å²) in [5.41, 5.74) is 1.72. The highest BCUT2D eigenvalue weighted by Gasteiger charge is 2.21. The Labute approximate surface area is 112 Å². The van der Waals surface area contributed by atoms with E-state index in [1.807, 2.05) is 37.3 Å². The quantitative estimate of drug-likeness (QED) is 0.650. The van der Waals surface area contributed by atoms with Crippen molar-refractivity contribution in [3.8, 4) is 0 Å². The van der Waals surface area contributed by atoms with E-state index in [0.29, 0.717) is 6.54 Å². The van der Waals surface area contributed by atoms with Crippen LogP contribution < -0.4 is 5.32 Å². The van der Waals surface area contributed by atoms with Crippen molar-refractivity contribution in [3.05, 3.63) is 54.1 Å². The first-order chi connectivity index (χ1) is 9.20. The van der Waals surface area contributed by atoms with Crippen LogP contribution >= 0.6 is 0 Å². The largest absolute Gasteiger partial charge is 0.325 e. The Balaban J connectivity index is 2.19. The van der Waals surface area contributed by atoms with E-state index >= 15 is 0 Å². The summed E-state index contributed by atoms with van der Waals surface area (Å²) in [7, 11) is 0. The first kappa shape index (κ1) is 13.1. The maximum atomic E-state index is 12.0. The second kappa shape index (κ2) is 6.00. The summed E-state index contributed by atoms with van der Waals surface area (Å²) in [5.74, 6) is -0.331. The number of para-hydroxylation sites is 1. The third-order valence-electron chi connectivity index (χ3n) is 2.84. The van der Waals surface area contributed by atoms with Crippen LogP contribution in [0.4, 0.5) is 5.69 Å². The van der Waals surface area contributed by atoms with Gasteiger partial charge in [0, 0.05) is 18.3 Å². The van der Waals surface area contributed by atoms with Gasteiger partial charge in [0.15, 0.2) is 0 Å². The summed E-state index contributed by atoms with van der Waals surface area (Å²) in [5, 5.41) is 2.80. The molecule has 0 fully saturated rings. The number of amides is 2. The monoisotopic (exact) mass is 256 g/mol. The predicted molar refractivity (Wildman–Crippen MR) is 74.4 cm³/mol. The maximum absolute atomic E-state index is 12.0. The number of hydrogen-bond donors (Lipinski definition) is 1. The van der Waals surface area contributed by atoms with Gasteiger partial charge in [-0.3, -0.25) is 9.59 Å². The molecule has 1 N–H and O–H groups in total. The first-order valence-electron chi connectivity index (χ1n) is 6.16. The minimum Gasteiger partial charge on any atom is -0.325 e. The van der Waals surface area contributed by atoms with E-state index in [1.165, 1.54) is 11.0 Å². The summed E-state index contributed by atoms with van der Waals surface area (Å²) in [6.07, 6.45) is 6.77. The van der Waals surface area contributed by atoms with Gasteiger partial charge >= 0.3 is 0 Å². The number of allylic oxidation sites excluding steroid dienone is 3. The highest BCUT2D eigenvalue weighted by molar-refractivity contribution is 5.98. The summed E-state index contributed by atoms with van der Waals surface area (Å²) >= 11 is 0. The van der Waals surface area contributed by atoms with E-state index in [4.69, 9.17) is 0 Å². The van der Waals surface area contributed by atoms with Crippen LogP contribution in [-0.4, -0.2) is 23.3 Å². The molecule has 1 aliphatic heterocycles. The van der Waals surface area contributed by atoms with E-state index < -0.39 is 0 Å². The van der Waals surface area contributed by atoms with Crippen molar-refractivity contribution in [2.75, 3.05) is 11.9 Å². The van der Waals surface area contributed by atoms with Crippen LogP contribution in [0.1, 0.15) is 12.5 Å². The number of fused-ring (bicyclic) bond motifs is 1. The van der Waals surface area contributed by atoms with Crippen molar-refractivity contribution in [1.82, 2.24) is 4.90 Å². The zero-order chi connectivity index (χ0) is 13.7. The van der Waals surface area contributed by atoms with E-state index in [0.717, 1.165) is 11.3 Å². The average Bonchev–Trinajstić information content (AvgIpc) is 2.56. The molecule has 0 unspecified atom stereocenters. The van der Waals surface area contributed by atoms with Gasteiger partial charge in [-0.1, -0.05) is 36.4 Å². The first-order valence-corrected chi connectivity index (χ1v) is 6.16. The fourth-order valence-corrected chi connectivity index (χ4v) is 1.91. The van der Waals surface area contributed by atoms with Gasteiger partial charge in [-0.05, 0) is 18.6 Å². The summed E-state index contributed by atoms with van der Waals surface area (Å²) in [6, 6.07) is 7.52. The van der Waals surface area contributed by atoms with Gasteiger partial charge in [-0.2, -0.15) is 0 Å². The summed E-state index contributed by atoms with van der Waals surface area (Å²) < 4.78 is 0. The Morgan fingerprint density at radius 3 is 2.84 bits per heavy atom. The molecule has 4 heteroatoms. The van der Waals surface area contributed by atoms with Gasteiger partial charge in [0.25, 0.3) is 0 Å². The number of carbonyl (C=O) groups excluding carboxylic acids is 2. The molecule has 1 aliphatic rings. The lowest BCUT2D eigenvalue weighted by atomic mass is 10.1. The van der Waals surface area contributed by atoms with Crippen molar-refractivity contribution in [1.29, 1.82) is 0 Å². The Bertz CT molecular complexity index is 547. The van der Waals surface area contributed by atoms with Gasteiger partial charge in [0.1, 0.15) is 6.54 Å². The van der Waals surface area contributed by atoms with Crippen molar-refractivity contribution in [2.24, 2.45) is 0 Å². The average molecular weight is 256 g/mol. The summed E-state index contributed by atoms with van der Waals surface area (Å²) in [6.45, 7) is 2.39. The highest BCUT2D eigenvalue weighted by Crippen LogP contribution is 2.20. The number of benzene rings is 1.